The second kappa shape index (κ2) is 8.26. The van der Waals surface area contributed by atoms with Crippen molar-refractivity contribution in [2.75, 3.05) is 14.2 Å². The summed E-state index contributed by atoms with van der Waals surface area (Å²) >= 11 is 0. The van der Waals surface area contributed by atoms with Gasteiger partial charge < -0.3 is 9.47 Å². The van der Waals surface area contributed by atoms with Crippen LogP contribution >= 0.6 is 0 Å². The molecule has 4 rings (SSSR count). The fourth-order valence-electron chi connectivity index (χ4n) is 4.01. The Kier molecular flexibility index (Phi) is 5.36. The number of nitriles is 1. The number of carbonyl (C=O) groups is 1. The molecule has 0 saturated carbocycles. The van der Waals surface area contributed by atoms with Crippen molar-refractivity contribution in [3.63, 3.8) is 0 Å². The average Bonchev–Trinajstić information content (AvgIpc) is 2.82. The minimum absolute atomic E-state index is 0.0442. The van der Waals surface area contributed by atoms with Crippen LogP contribution in [0.1, 0.15) is 44.4 Å². The van der Waals surface area contributed by atoms with Gasteiger partial charge in [-0.15, -0.1) is 0 Å². The molecular weight excluding hydrogens is 374 g/mol. The van der Waals surface area contributed by atoms with Gasteiger partial charge in [0.05, 0.1) is 31.8 Å². The number of benzene rings is 3. The molecule has 0 spiro atoms. The Hall–Kier alpha value is -3.84. The molecule has 0 saturated heterocycles. The van der Waals surface area contributed by atoms with E-state index in [2.05, 4.69) is 12.1 Å². The molecule has 4 heteroatoms. The van der Waals surface area contributed by atoms with E-state index in [1.807, 2.05) is 60.7 Å². The maximum Gasteiger partial charge on any atom is 0.171 e. The number of Topliss-reactive ketones (excluding diaryl/α,β-unsaturated/α-hetero) is 1. The predicted molar refractivity (Wildman–Crippen MR) is 116 cm³/mol. The summed E-state index contributed by atoms with van der Waals surface area (Å²) in [6.45, 7) is 0. The van der Waals surface area contributed by atoms with Gasteiger partial charge in [-0.2, -0.15) is 5.26 Å². The molecule has 1 aliphatic rings. The van der Waals surface area contributed by atoms with Crippen LogP contribution in [-0.2, 0) is 0 Å². The Morgan fingerprint density at radius 1 is 0.933 bits per heavy atom. The largest absolute Gasteiger partial charge is 0.493 e. The molecule has 30 heavy (non-hydrogen) atoms. The van der Waals surface area contributed by atoms with Gasteiger partial charge in [0.25, 0.3) is 0 Å². The minimum Gasteiger partial charge on any atom is -0.493 e. The molecule has 0 bridgehead atoms. The summed E-state index contributed by atoms with van der Waals surface area (Å²) in [6.07, 6.45) is 4.08. The van der Waals surface area contributed by atoms with Gasteiger partial charge in [-0.05, 0) is 41.0 Å². The summed E-state index contributed by atoms with van der Waals surface area (Å²) in [6, 6.07) is 22.7. The molecule has 2 atom stereocenters. The molecule has 0 fully saturated rings. The summed E-state index contributed by atoms with van der Waals surface area (Å²) in [7, 11) is 3.19. The summed E-state index contributed by atoms with van der Waals surface area (Å²) in [4.78, 5) is 13.7. The number of carbonyl (C=O) groups excluding carboxylic acids is 1. The van der Waals surface area contributed by atoms with Gasteiger partial charge in [0.1, 0.15) is 0 Å². The molecule has 0 aliphatic heterocycles. The number of hydrogen-bond acceptors (Lipinski definition) is 4. The van der Waals surface area contributed by atoms with Crippen LogP contribution in [0.2, 0.25) is 0 Å². The molecule has 3 aromatic rings. The highest BCUT2D eigenvalue weighted by atomic mass is 16.5. The second-order valence-corrected chi connectivity index (χ2v) is 7.16. The van der Waals surface area contributed by atoms with Gasteiger partial charge in [0, 0.05) is 11.5 Å². The molecule has 3 aromatic carbocycles. The summed E-state index contributed by atoms with van der Waals surface area (Å²) < 4.78 is 11.0. The van der Waals surface area contributed by atoms with Crippen LogP contribution in [0.5, 0.6) is 11.5 Å². The topological polar surface area (TPSA) is 59.3 Å². The third-order valence-electron chi connectivity index (χ3n) is 5.53. The number of allylic oxidation sites excluding steroid dienone is 1. The van der Waals surface area contributed by atoms with Crippen LogP contribution in [-0.4, -0.2) is 20.0 Å². The van der Waals surface area contributed by atoms with Crippen molar-refractivity contribution in [3.05, 3.63) is 101 Å². The first kappa shape index (κ1) is 19.5. The zero-order valence-corrected chi connectivity index (χ0v) is 16.8. The molecule has 4 nitrogen and oxygen atoms in total. The molecule has 0 unspecified atom stereocenters. The molecule has 0 amide bonds. The zero-order chi connectivity index (χ0) is 21.1. The lowest BCUT2D eigenvalue weighted by atomic mass is 9.72. The molecule has 0 aromatic heterocycles. The zero-order valence-electron chi connectivity index (χ0n) is 16.8. The molecular formula is C26H21NO3. The highest BCUT2D eigenvalue weighted by Gasteiger charge is 2.35. The number of ether oxygens (including phenoxy) is 2. The summed E-state index contributed by atoms with van der Waals surface area (Å²) in [5, 5.41) is 9.12. The van der Waals surface area contributed by atoms with Gasteiger partial charge in [0.15, 0.2) is 17.3 Å². The van der Waals surface area contributed by atoms with E-state index in [4.69, 9.17) is 14.7 Å². The number of fused-ring (bicyclic) bond motifs is 1. The van der Waals surface area contributed by atoms with Crippen molar-refractivity contribution in [2.45, 2.75) is 11.8 Å². The second-order valence-electron chi connectivity index (χ2n) is 7.16. The lowest BCUT2D eigenvalue weighted by Gasteiger charge is -2.30. The first-order valence-electron chi connectivity index (χ1n) is 9.69. The Morgan fingerprint density at radius 3 is 2.23 bits per heavy atom. The van der Waals surface area contributed by atoms with Crippen molar-refractivity contribution < 1.29 is 14.3 Å². The first-order chi connectivity index (χ1) is 14.7. The number of methoxy groups -OCH3 is 2. The van der Waals surface area contributed by atoms with Crippen LogP contribution in [0.3, 0.4) is 0 Å². The Morgan fingerprint density at radius 2 is 1.60 bits per heavy atom. The van der Waals surface area contributed by atoms with Crippen LogP contribution in [0.15, 0.2) is 72.8 Å². The van der Waals surface area contributed by atoms with Crippen molar-refractivity contribution in [1.82, 2.24) is 0 Å². The van der Waals surface area contributed by atoms with E-state index in [0.29, 0.717) is 22.6 Å². The number of nitrogens with zero attached hydrogens (tertiary/aromatic N) is 1. The maximum atomic E-state index is 13.7. The molecule has 0 radical (unpaired) electrons. The van der Waals surface area contributed by atoms with E-state index < -0.39 is 5.92 Å². The normalized spacial score (nSPS) is 17.0. The monoisotopic (exact) mass is 395 g/mol. The highest BCUT2D eigenvalue weighted by Crippen LogP contribution is 2.45. The quantitative estimate of drug-likeness (QED) is 0.546. The van der Waals surface area contributed by atoms with Crippen LogP contribution in [0.4, 0.5) is 0 Å². The lowest BCUT2D eigenvalue weighted by Crippen LogP contribution is -2.23. The van der Waals surface area contributed by atoms with E-state index in [1.165, 1.54) is 0 Å². The smallest absolute Gasteiger partial charge is 0.171 e. The average molecular weight is 395 g/mol. The summed E-state index contributed by atoms with van der Waals surface area (Å²) in [5.41, 5.74) is 4.08. The van der Waals surface area contributed by atoms with E-state index in [-0.39, 0.29) is 11.7 Å². The standard InChI is InChI=1S/C26H21NO3/c1-29-23-14-20-12-13-21(18-10-8-17(16-27)9-11-18)25(22(20)15-24(23)30-2)26(28)19-6-4-3-5-7-19/h3-15,21,25H,1-2H3/t21-,25-/m0/s1. The van der Waals surface area contributed by atoms with Gasteiger partial charge >= 0.3 is 0 Å². The molecule has 148 valence electrons. The van der Waals surface area contributed by atoms with Crippen molar-refractivity contribution in [2.24, 2.45) is 0 Å². The minimum atomic E-state index is -0.417. The number of rotatable bonds is 5. The van der Waals surface area contributed by atoms with Gasteiger partial charge in [-0.1, -0.05) is 54.6 Å². The van der Waals surface area contributed by atoms with Crippen LogP contribution in [0.25, 0.3) is 6.08 Å². The number of ketones is 1. The van der Waals surface area contributed by atoms with Crippen LogP contribution in [0, 0.1) is 11.3 Å². The molecule has 0 heterocycles. The Bertz CT molecular complexity index is 1140. The van der Waals surface area contributed by atoms with Crippen molar-refractivity contribution >= 4 is 11.9 Å². The van der Waals surface area contributed by atoms with Crippen LogP contribution < -0.4 is 9.47 Å². The Balaban J connectivity index is 1.87. The molecule has 1 aliphatic carbocycles. The first-order valence-corrected chi connectivity index (χ1v) is 9.69. The Labute approximate surface area is 176 Å². The molecule has 0 N–H and O–H groups in total. The third-order valence-corrected chi connectivity index (χ3v) is 5.53. The fraction of sp³-hybridized carbons (Fsp3) is 0.154. The van der Waals surface area contributed by atoms with E-state index in [0.717, 1.165) is 16.7 Å². The number of hydrogen-bond donors (Lipinski definition) is 0. The predicted octanol–water partition coefficient (Wildman–Crippen LogP) is 5.35. The van der Waals surface area contributed by atoms with E-state index in [1.54, 1.807) is 26.4 Å². The summed E-state index contributed by atoms with van der Waals surface area (Å²) in [5.74, 6) is 0.693. The van der Waals surface area contributed by atoms with E-state index in [9.17, 15) is 4.79 Å². The fourth-order valence-corrected chi connectivity index (χ4v) is 4.01. The van der Waals surface area contributed by atoms with Crippen molar-refractivity contribution in [1.29, 1.82) is 5.26 Å². The van der Waals surface area contributed by atoms with Gasteiger partial charge in [-0.3, -0.25) is 4.79 Å². The van der Waals surface area contributed by atoms with Crippen molar-refractivity contribution in [3.8, 4) is 17.6 Å². The van der Waals surface area contributed by atoms with Gasteiger partial charge in [0.2, 0.25) is 0 Å². The van der Waals surface area contributed by atoms with E-state index >= 15 is 0 Å². The SMILES string of the molecule is COc1cc2c(cc1OC)[C@@H](C(=O)c1ccccc1)[C@H](c1ccc(C#N)cc1)C=C2. The highest BCUT2D eigenvalue weighted by molar-refractivity contribution is 6.03. The lowest BCUT2D eigenvalue weighted by molar-refractivity contribution is 0.0952. The maximum absolute atomic E-state index is 13.7. The van der Waals surface area contributed by atoms with Gasteiger partial charge in [-0.25, -0.2) is 0 Å². The third kappa shape index (κ3) is 3.46.